The molecule has 164 valence electrons. The van der Waals surface area contributed by atoms with E-state index in [4.69, 9.17) is 4.74 Å². The topological polar surface area (TPSA) is 75.7 Å². The van der Waals surface area contributed by atoms with Crippen LogP contribution in [0, 0.1) is 0 Å². The second kappa shape index (κ2) is 8.99. The number of ether oxygens (including phenoxy) is 1. The van der Waals surface area contributed by atoms with Crippen LogP contribution in [0.15, 0.2) is 45.2 Å². The molecule has 7 heteroatoms. The van der Waals surface area contributed by atoms with E-state index in [2.05, 4.69) is 33.1 Å². The van der Waals surface area contributed by atoms with Crippen molar-refractivity contribution < 1.29 is 19.1 Å². The smallest absolute Gasteiger partial charge is 0.257 e. The van der Waals surface area contributed by atoms with Crippen LogP contribution in [-0.2, 0) is 14.4 Å². The van der Waals surface area contributed by atoms with E-state index in [9.17, 15) is 14.4 Å². The number of hydrogen-bond acceptors (Lipinski definition) is 5. The van der Waals surface area contributed by atoms with Crippen molar-refractivity contribution >= 4 is 33.4 Å². The minimum absolute atomic E-state index is 0.0785. The highest BCUT2D eigenvalue weighted by molar-refractivity contribution is 9.10. The van der Waals surface area contributed by atoms with Gasteiger partial charge in [0.25, 0.3) is 5.91 Å². The number of nitrogens with zero attached hydrogens (tertiary/aromatic N) is 1. The molecule has 1 aromatic rings. The molecule has 0 bridgehead atoms. The molecule has 1 aromatic carbocycles. The second-order valence-corrected chi connectivity index (χ2v) is 8.96. The Morgan fingerprint density at radius 3 is 2.23 bits per heavy atom. The Balaban J connectivity index is 1.80. The molecule has 3 aliphatic rings. The van der Waals surface area contributed by atoms with Gasteiger partial charge in [0.15, 0.2) is 18.2 Å². The van der Waals surface area contributed by atoms with Crippen molar-refractivity contribution in [1.29, 1.82) is 0 Å². The first-order valence-corrected chi connectivity index (χ1v) is 11.7. The largest absolute Gasteiger partial charge is 0.483 e. The summed E-state index contributed by atoms with van der Waals surface area (Å²) in [4.78, 5) is 40.0. The second-order valence-electron chi connectivity index (χ2n) is 8.10. The molecule has 0 radical (unpaired) electrons. The number of benzene rings is 1. The maximum Gasteiger partial charge on any atom is 0.257 e. The first kappa shape index (κ1) is 21.8. The zero-order valence-corrected chi connectivity index (χ0v) is 19.5. The monoisotopic (exact) mass is 486 g/mol. The fraction of sp³-hybridized carbons (Fsp3) is 0.458. The highest BCUT2D eigenvalue weighted by Gasteiger charge is 2.42. The van der Waals surface area contributed by atoms with Gasteiger partial charge in [0.2, 0.25) is 0 Å². The third-order valence-electron chi connectivity index (χ3n) is 6.33. The normalized spacial score (nSPS) is 19.4. The number of allylic oxidation sites excluding steroid dienone is 4. The number of carbonyl (C=O) groups excluding carboxylic acids is 3. The third-order valence-corrected chi connectivity index (χ3v) is 6.95. The summed E-state index contributed by atoms with van der Waals surface area (Å²) in [5.74, 6) is 0.286. The summed E-state index contributed by atoms with van der Waals surface area (Å²) in [6.07, 6.45) is 4.49. The highest BCUT2D eigenvalue weighted by Crippen LogP contribution is 2.49. The van der Waals surface area contributed by atoms with Crippen LogP contribution in [0.5, 0.6) is 5.75 Å². The number of nitrogens with one attached hydrogen (secondary N) is 1. The summed E-state index contributed by atoms with van der Waals surface area (Å²) in [5.41, 5.74) is 4.66. The van der Waals surface area contributed by atoms with Crippen LogP contribution in [0.2, 0.25) is 0 Å². The van der Waals surface area contributed by atoms with Gasteiger partial charge in [0.1, 0.15) is 5.75 Å². The first-order chi connectivity index (χ1) is 15.0. The average molecular weight is 487 g/mol. The van der Waals surface area contributed by atoms with Crippen molar-refractivity contribution in [3.63, 3.8) is 0 Å². The van der Waals surface area contributed by atoms with E-state index in [-0.39, 0.29) is 30.0 Å². The molecule has 1 amide bonds. The lowest BCUT2D eigenvalue weighted by Crippen LogP contribution is -2.39. The van der Waals surface area contributed by atoms with Gasteiger partial charge in [-0.15, -0.1) is 0 Å². The van der Waals surface area contributed by atoms with Crippen LogP contribution in [0.4, 0.5) is 0 Å². The third kappa shape index (κ3) is 3.95. The minimum atomic E-state index is -0.335. The Kier molecular flexibility index (Phi) is 6.32. The van der Waals surface area contributed by atoms with E-state index in [0.29, 0.717) is 23.1 Å². The molecule has 6 nitrogen and oxygen atoms in total. The van der Waals surface area contributed by atoms with Gasteiger partial charge in [-0.25, -0.2) is 0 Å². The van der Waals surface area contributed by atoms with Crippen molar-refractivity contribution in [2.24, 2.45) is 0 Å². The van der Waals surface area contributed by atoms with Gasteiger partial charge < -0.3 is 15.0 Å². The maximum atomic E-state index is 13.1. The molecule has 0 aromatic heterocycles. The van der Waals surface area contributed by atoms with Gasteiger partial charge >= 0.3 is 0 Å². The summed E-state index contributed by atoms with van der Waals surface area (Å²) >= 11 is 3.55. The maximum absolute atomic E-state index is 13.1. The SMILES string of the molecule is CCN1C2=C(C(=O)CCC2)C(c2ccc(OCC(=O)NC)c(Br)c2)C2=C1CCCC2=O. The zero-order valence-electron chi connectivity index (χ0n) is 17.9. The number of ketones is 2. The molecule has 0 fully saturated rings. The van der Waals surface area contributed by atoms with E-state index >= 15 is 0 Å². The standard InChI is InChI=1S/C24H27BrN2O4/c1-3-27-16-6-4-8-18(28)23(16)22(24-17(27)7-5-9-19(24)29)14-10-11-20(15(25)12-14)31-13-21(30)26-2/h10-12,22H,3-9,13H2,1-2H3,(H,26,30). The van der Waals surface area contributed by atoms with Gasteiger partial charge in [0, 0.05) is 54.9 Å². The van der Waals surface area contributed by atoms with Gasteiger partial charge in [-0.1, -0.05) is 6.07 Å². The molecule has 1 aliphatic heterocycles. The predicted octanol–water partition coefficient (Wildman–Crippen LogP) is 4.01. The van der Waals surface area contributed by atoms with Gasteiger partial charge in [0.05, 0.1) is 4.47 Å². The van der Waals surface area contributed by atoms with Crippen LogP contribution in [0.25, 0.3) is 0 Å². The van der Waals surface area contributed by atoms with Gasteiger partial charge in [-0.2, -0.15) is 0 Å². The Morgan fingerprint density at radius 2 is 1.71 bits per heavy atom. The van der Waals surface area contributed by atoms with Crippen LogP contribution < -0.4 is 10.1 Å². The van der Waals surface area contributed by atoms with Crippen LogP contribution >= 0.6 is 15.9 Å². The first-order valence-electron chi connectivity index (χ1n) is 10.9. The van der Waals surface area contributed by atoms with E-state index in [1.807, 2.05) is 12.1 Å². The lowest BCUT2D eigenvalue weighted by molar-refractivity contribution is -0.122. The lowest BCUT2D eigenvalue weighted by atomic mass is 9.71. The molecule has 4 rings (SSSR count). The molecule has 1 N–H and O–H groups in total. The van der Waals surface area contributed by atoms with Crippen molar-refractivity contribution in [2.75, 3.05) is 20.2 Å². The van der Waals surface area contributed by atoms with Gasteiger partial charge in [-0.3, -0.25) is 14.4 Å². The lowest BCUT2D eigenvalue weighted by Gasteiger charge is -2.43. The fourth-order valence-electron chi connectivity index (χ4n) is 4.96. The highest BCUT2D eigenvalue weighted by atomic mass is 79.9. The van der Waals surface area contributed by atoms with Crippen LogP contribution in [-0.4, -0.2) is 42.6 Å². The Hall–Kier alpha value is -2.41. The molecule has 0 atom stereocenters. The molecule has 31 heavy (non-hydrogen) atoms. The minimum Gasteiger partial charge on any atom is -0.483 e. The van der Waals surface area contributed by atoms with Crippen molar-refractivity contribution in [3.05, 3.63) is 50.8 Å². The van der Waals surface area contributed by atoms with Crippen LogP contribution in [0.3, 0.4) is 0 Å². The Labute approximate surface area is 190 Å². The van der Waals surface area contributed by atoms with Crippen molar-refractivity contribution in [3.8, 4) is 5.75 Å². The summed E-state index contributed by atoms with van der Waals surface area (Å²) in [5, 5.41) is 2.53. The number of carbonyl (C=O) groups is 3. The summed E-state index contributed by atoms with van der Waals surface area (Å²) < 4.78 is 6.29. The molecule has 0 saturated carbocycles. The van der Waals surface area contributed by atoms with Crippen molar-refractivity contribution in [2.45, 2.75) is 51.4 Å². The molecular formula is C24H27BrN2O4. The number of halogens is 1. The molecular weight excluding hydrogens is 460 g/mol. The number of Topliss-reactive ketones (excluding diaryl/α,β-unsaturated/α-hetero) is 2. The predicted molar refractivity (Wildman–Crippen MR) is 121 cm³/mol. The number of hydrogen-bond donors (Lipinski definition) is 1. The van der Waals surface area contributed by atoms with E-state index in [1.54, 1.807) is 13.1 Å². The van der Waals surface area contributed by atoms with Crippen LogP contribution in [0.1, 0.15) is 56.9 Å². The van der Waals surface area contributed by atoms with Crippen molar-refractivity contribution in [1.82, 2.24) is 10.2 Å². The van der Waals surface area contributed by atoms with E-state index in [0.717, 1.165) is 60.3 Å². The molecule has 0 unspecified atom stereocenters. The summed E-state index contributed by atoms with van der Waals surface area (Å²) in [6, 6.07) is 5.63. The Bertz CT molecular complexity index is 967. The molecule has 2 aliphatic carbocycles. The molecule has 1 heterocycles. The average Bonchev–Trinajstić information content (AvgIpc) is 2.77. The number of likely N-dealkylation sites (N-methyl/N-ethyl adjacent to an activating group) is 1. The Morgan fingerprint density at radius 1 is 1.10 bits per heavy atom. The number of amides is 1. The quantitative estimate of drug-likeness (QED) is 0.680. The van der Waals surface area contributed by atoms with E-state index in [1.165, 1.54) is 0 Å². The summed E-state index contributed by atoms with van der Waals surface area (Å²) in [6.45, 7) is 2.77. The molecule has 0 spiro atoms. The zero-order chi connectivity index (χ0) is 22.1. The van der Waals surface area contributed by atoms with E-state index < -0.39 is 0 Å². The molecule has 0 saturated heterocycles. The fourth-order valence-corrected chi connectivity index (χ4v) is 5.47. The van der Waals surface area contributed by atoms with Gasteiger partial charge in [-0.05, 0) is 66.2 Å². The summed E-state index contributed by atoms with van der Waals surface area (Å²) in [7, 11) is 1.56. The number of rotatable bonds is 5.